The van der Waals surface area contributed by atoms with Crippen molar-refractivity contribution in [1.82, 2.24) is 20.8 Å². The lowest BCUT2D eigenvalue weighted by Gasteiger charge is -2.29. The molecule has 1 aromatic heterocycles. The number of benzene rings is 2. The van der Waals surface area contributed by atoms with E-state index in [4.69, 9.17) is 4.84 Å². The number of carbonyl (C=O) groups is 2. The summed E-state index contributed by atoms with van der Waals surface area (Å²) >= 11 is 0. The first-order valence-corrected chi connectivity index (χ1v) is 11.9. The number of hydrogen-bond acceptors (Lipinski definition) is 7. The number of aromatic nitrogens is 2. The molecule has 0 aliphatic carbocycles. The molecule has 2 unspecified atom stereocenters. The smallest absolute Gasteiger partial charge is 0.426 e. The van der Waals surface area contributed by atoms with Gasteiger partial charge in [-0.15, -0.1) is 0 Å². The Balaban J connectivity index is 1.47. The molecule has 5 N–H and O–H groups in total. The summed E-state index contributed by atoms with van der Waals surface area (Å²) in [5, 5.41) is 36.9. The fourth-order valence-corrected chi connectivity index (χ4v) is 4.33. The molecule has 1 aliphatic rings. The van der Waals surface area contributed by atoms with Crippen LogP contribution in [-0.2, 0) is 16.1 Å². The third-order valence-electron chi connectivity index (χ3n) is 6.13. The zero-order valence-corrected chi connectivity index (χ0v) is 20.3. The van der Waals surface area contributed by atoms with Crippen LogP contribution in [0.2, 0.25) is 0 Å². The Morgan fingerprint density at radius 2 is 1.86 bits per heavy atom. The zero-order chi connectivity index (χ0) is 25.7. The highest BCUT2D eigenvalue weighted by Crippen LogP contribution is 2.29. The van der Waals surface area contributed by atoms with Crippen LogP contribution in [0.1, 0.15) is 42.7 Å². The lowest BCUT2D eigenvalue weighted by molar-refractivity contribution is -0.144. The molecule has 3 aromatic rings. The Morgan fingerprint density at radius 3 is 2.58 bits per heavy atom. The van der Waals surface area contributed by atoms with Crippen molar-refractivity contribution < 1.29 is 24.5 Å². The van der Waals surface area contributed by atoms with Gasteiger partial charge in [0.05, 0.1) is 23.7 Å². The third-order valence-corrected chi connectivity index (χ3v) is 6.13. The summed E-state index contributed by atoms with van der Waals surface area (Å²) in [4.78, 5) is 32.0. The highest BCUT2D eigenvalue weighted by atomic mass is 16.7. The molecular formula is C25H30BN5O5. The van der Waals surface area contributed by atoms with E-state index in [1.807, 2.05) is 68.4 Å². The van der Waals surface area contributed by atoms with Gasteiger partial charge in [-0.05, 0) is 24.0 Å². The molecule has 0 spiro atoms. The average molecular weight is 491 g/mol. The maximum atomic E-state index is 13.5. The molecule has 188 valence electrons. The zero-order valence-electron chi connectivity index (χ0n) is 20.3. The van der Waals surface area contributed by atoms with Gasteiger partial charge in [-0.25, -0.2) is 0 Å². The van der Waals surface area contributed by atoms with Crippen LogP contribution in [0, 0.1) is 5.92 Å². The minimum atomic E-state index is -1.71. The summed E-state index contributed by atoms with van der Waals surface area (Å²) in [6.45, 7) is 3.93. The van der Waals surface area contributed by atoms with Crippen LogP contribution in [0.5, 0.6) is 0 Å². The second kappa shape index (κ2) is 10.9. The molecule has 4 rings (SSSR count). The SMILES string of the molecule is CC(C)CC(NC(=O)C1(Cc2ccccc2)CC(CNC(=O)c2n[nH]c3ccccc23)=NO1)B(O)O. The van der Waals surface area contributed by atoms with Gasteiger partial charge in [0.25, 0.3) is 11.8 Å². The number of hydrogen-bond donors (Lipinski definition) is 5. The lowest BCUT2D eigenvalue weighted by Crippen LogP contribution is -2.56. The predicted molar refractivity (Wildman–Crippen MR) is 136 cm³/mol. The summed E-state index contributed by atoms with van der Waals surface area (Å²) in [5.74, 6) is -1.59. The molecule has 0 saturated carbocycles. The molecule has 0 saturated heterocycles. The minimum absolute atomic E-state index is 0.0713. The first-order chi connectivity index (χ1) is 17.3. The number of oxime groups is 1. The number of amides is 2. The van der Waals surface area contributed by atoms with E-state index in [1.54, 1.807) is 0 Å². The molecule has 2 heterocycles. The van der Waals surface area contributed by atoms with Crippen LogP contribution in [0.3, 0.4) is 0 Å². The molecule has 2 atom stereocenters. The van der Waals surface area contributed by atoms with Crippen LogP contribution >= 0.6 is 0 Å². The van der Waals surface area contributed by atoms with Crippen LogP contribution in [0.4, 0.5) is 0 Å². The summed E-state index contributed by atoms with van der Waals surface area (Å²) in [5.41, 5.74) is 0.988. The van der Waals surface area contributed by atoms with E-state index in [1.165, 1.54) is 0 Å². The molecule has 0 bridgehead atoms. The Morgan fingerprint density at radius 1 is 1.14 bits per heavy atom. The van der Waals surface area contributed by atoms with Gasteiger partial charge in [-0.1, -0.05) is 67.5 Å². The number of nitrogens with one attached hydrogen (secondary N) is 3. The van der Waals surface area contributed by atoms with E-state index in [-0.39, 0.29) is 36.9 Å². The van der Waals surface area contributed by atoms with Crippen molar-refractivity contribution in [1.29, 1.82) is 0 Å². The standard InChI is InChI=1S/C25H30BN5O5/c1-16(2)12-21(26(34)35)28-24(33)25(13-17-8-4-3-5-9-17)14-18(31-36-25)15-27-23(32)22-19-10-6-7-11-20(19)29-30-22/h3-11,16,21,34-35H,12-15H2,1-2H3,(H,27,32)(H,28,33)(H,29,30). The Kier molecular flexibility index (Phi) is 7.71. The maximum Gasteiger partial charge on any atom is 0.475 e. The van der Waals surface area contributed by atoms with Crippen molar-refractivity contribution in [3.8, 4) is 0 Å². The molecule has 0 fully saturated rings. The Labute approximate surface area is 209 Å². The number of aromatic amines is 1. The lowest BCUT2D eigenvalue weighted by atomic mass is 9.74. The summed E-state index contributed by atoms with van der Waals surface area (Å²) < 4.78 is 0. The van der Waals surface area contributed by atoms with Crippen molar-refractivity contribution in [2.75, 3.05) is 6.54 Å². The second-order valence-electron chi connectivity index (χ2n) is 9.51. The fraction of sp³-hybridized carbons (Fsp3) is 0.360. The van der Waals surface area contributed by atoms with Gasteiger partial charge in [-0.2, -0.15) is 5.10 Å². The molecule has 11 heteroatoms. The molecule has 2 aromatic carbocycles. The third kappa shape index (κ3) is 5.75. The van der Waals surface area contributed by atoms with E-state index in [0.29, 0.717) is 17.5 Å². The number of fused-ring (bicyclic) bond motifs is 1. The number of carbonyl (C=O) groups excluding carboxylic acids is 2. The number of rotatable bonds is 10. The normalized spacial score (nSPS) is 18.0. The second-order valence-corrected chi connectivity index (χ2v) is 9.51. The van der Waals surface area contributed by atoms with Gasteiger partial charge in [0.2, 0.25) is 5.60 Å². The van der Waals surface area contributed by atoms with E-state index in [9.17, 15) is 19.6 Å². The van der Waals surface area contributed by atoms with Gasteiger partial charge in [0.1, 0.15) is 0 Å². The Hall–Kier alpha value is -3.70. The summed E-state index contributed by atoms with van der Waals surface area (Å²) in [7, 11) is -1.71. The molecule has 2 amide bonds. The average Bonchev–Trinajstić information content (AvgIpc) is 3.47. The van der Waals surface area contributed by atoms with Gasteiger partial charge >= 0.3 is 7.12 Å². The van der Waals surface area contributed by atoms with Crippen LogP contribution in [0.15, 0.2) is 59.8 Å². The number of nitrogens with zero attached hydrogens (tertiary/aromatic N) is 2. The first-order valence-electron chi connectivity index (χ1n) is 11.9. The van der Waals surface area contributed by atoms with Crippen molar-refractivity contribution in [2.24, 2.45) is 11.1 Å². The van der Waals surface area contributed by atoms with Crippen molar-refractivity contribution >= 4 is 35.5 Å². The van der Waals surface area contributed by atoms with Gasteiger partial charge in [0.15, 0.2) is 5.69 Å². The number of para-hydroxylation sites is 1. The number of H-pyrrole nitrogens is 1. The van der Waals surface area contributed by atoms with E-state index >= 15 is 0 Å². The van der Waals surface area contributed by atoms with Gasteiger partial charge in [0, 0.05) is 18.2 Å². The molecule has 1 aliphatic heterocycles. The molecule has 0 radical (unpaired) electrons. The molecule has 10 nitrogen and oxygen atoms in total. The summed E-state index contributed by atoms with van der Waals surface area (Å²) in [6, 6.07) is 16.7. The Bertz CT molecular complexity index is 1250. The largest absolute Gasteiger partial charge is 0.475 e. The van der Waals surface area contributed by atoms with Crippen molar-refractivity contribution in [3.63, 3.8) is 0 Å². The monoisotopic (exact) mass is 491 g/mol. The van der Waals surface area contributed by atoms with Crippen molar-refractivity contribution in [2.45, 2.75) is 44.7 Å². The van der Waals surface area contributed by atoms with Crippen LogP contribution in [0.25, 0.3) is 10.9 Å². The van der Waals surface area contributed by atoms with E-state index in [2.05, 4.69) is 26.0 Å². The maximum absolute atomic E-state index is 13.5. The quantitative estimate of drug-likeness (QED) is 0.272. The first kappa shape index (κ1) is 25.4. The van der Waals surface area contributed by atoms with E-state index in [0.717, 1.165) is 11.1 Å². The summed E-state index contributed by atoms with van der Waals surface area (Å²) in [6.07, 6.45) is 0.734. The van der Waals surface area contributed by atoms with Gasteiger partial charge < -0.3 is 25.5 Å². The van der Waals surface area contributed by atoms with Crippen molar-refractivity contribution in [3.05, 3.63) is 65.9 Å². The predicted octanol–water partition coefficient (Wildman–Crippen LogP) is 1.59. The topological polar surface area (TPSA) is 149 Å². The van der Waals surface area contributed by atoms with Gasteiger partial charge in [-0.3, -0.25) is 14.7 Å². The minimum Gasteiger partial charge on any atom is -0.426 e. The molecule has 36 heavy (non-hydrogen) atoms. The highest BCUT2D eigenvalue weighted by Gasteiger charge is 2.48. The highest BCUT2D eigenvalue weighted by molar-refractivity contribution is 6.43. The van der Waals surface area contributed by atoms with E-state index < -0.39 is 24.6 Å². The fourth-order valence-electron chi connectivity index (χ4n) is 4.33. The van der Waals surface area contributed by atoms with Crippen LogP contribution in [-0.4, -0.2) is 63.0 Å². The van der Waals surface area contributed by atoms with Crippen LogP contribution < -0.4 is 10.6 Å². The molecular weight excluding hydrogens is 461 g/mol.